The van der Waals surface area contributed by atoms with Crippen molar-refractivity contribution in [3.8, 4) is 0 Å². The van der Waals surface area contributed by atoms with Crippen LogP contribution in [0, 0.1) is 3.57 Å². The van der Waals surface area contributed by atoms with Crippen LogP contribution in [-0.4, -0.2) is 5.78 Å². The van der Waals surface area contributed by atoms with E-state index in [1.165, 1.54) is 5.56 Å². The maximum absolute atomic E-state index is 12.2. The summed E-state index contributed by atoms with van der Waals surface area (Å²) in [6, 6.07) is 16.1. The van der Waals surface area contributed by atoms with Crippen LogP contribution in [0.2, 0.25) is 0 Å². The van der Waals surface area contributed by atoms with E-state index in [0.29, 0.717) is 6.42 Å². The van der Waals surface area contributed by atoms with Gasteiger partial charge in [0.05, 0.1) is 0 Å². The zero-order valence-electron chi connectivity index (χ0n) is 10.4. The molecule has 2 rings (SSSR count). The van der Waals surface area contributed by atoms with Gasteiger partial charge in [-0.25, -0.2) is 0 Å². The first-order valence-electron chi connectivity index (χ1n) is 6.19. The third-order valence-electron chi connectivity index (χ3n) is 2.94. The summed E-state index contributed by atoms with van der Waals surface area (Å²) in [4.78, 5) is 12.2. The highest BCUT2D eigenvalue weighted by atomic mass is 127. The van der Waals surface area contributed by atoms with Gasteiger partial charge in [-0.05, 0) is 59.2 Å². The second kappa shape index (κ2) is 7.20. The van der Waals surface area contributed by atoms with Crippen LogP contribution in [0.15, 0.2) is 53.0 Å². The molecule has 2 aromatic rings. The number of benzene rings is 2. The molecule has 0 bridgehead atoms. The Morgan fingerprint density at radius 3 is 2.58 bits per heavy atom. The molecule has 0 atom stereocenters. The molecule has 0 amide bonds. The van der Waals surface area contributed by atoms with Crippen molar-refractivity contribution in [2.45, 2.75) is 19.3 Å². The van der Waals surface area contributed by atoms with Gasteiger partial charge in [0.15, 0.2) is 5.78 Å². The second-order valence-corrected chi connectivity index (χ2v) is 6.46. The fourth-order valence-corrected chi connectivity index (χ4v) is 2.94. The SMILES string of the molecule is O=C(CCCc1ccccc1)c1cc(Br)ccc1I. The zero-order valence-corrected chi connectivity index (χ0v) is 14.1. The average Bonchev–Trinajstić information content (AvgIpc) is 2.42. The summed E-state index contributed by atoms with van der Waals surface area (Å²) in [6.07, 6.45) is 2.45. The largest absolute Gasteiger partial charge is 0.294 e. The van der Waals surface area contributed by atoms with Crippen LogP contribution in [0.5, 0.6) is 0 Å². The van der Waals surface area contributed by atoms with Crippen LogP contribution in [0.4, 0.5) is 0 Å². The summed E-state index contributed by atoms with van der Waals surface area (Å²) in [5.74, 6) is 0.224. The average molecular weight is 429 g/mol. The van der Waals surface area contributed by atoms with E-state index in [1.807, 2.05) is 36.4 Å². The molecule has 98 valence electrons. The molecule has 0 unspecified atom stereocenters. The Hall–Kier alpha value is -0.680. The van der Waals surface area contributed by atoms with Crippen LogP contribution in [-0.2, 0) is 6.42 Å². The van der Waals surface area contributed by atoms with Crippen molar-refractivity contribution in [1.29, 1.82) is 0 Å². The van der Waals surface area contributed by atoms with Crippen LogP contribution in [0.25, 0.3) is 0 Å². The second-order valence-electron chi connectivity index (χ2n) is 4.39. The van der Waals surface area contributed by atoms with Crippen molar-refractivity contribution in [2.75, 3.05) is 0 Å². The molecular formula is C16H14BrIO. The minimum Gasteiger partial charge on any atom is -0.294 e. The highest BCUT2D eigenvalue weighted by Gasteiger charge is 2.10. The number of rotatable bonds is 5. The number of Topliss-reactive ketones (excluding diaryl/α,β-unsaturated/α-hetero) is 1. The summed E-state index contributed by atoms with van der Waals surface area (Å²) in [5, 5.41) is 0. The lowest BCUT2D eigenvalue weighted by molar-refractivity contribution is 0.0979. The van der Waals surface area contributed by atoms with E-state index < -0.39 is 0 Å². The highest BCUT2D eigenvalue weighted by Crippen LogP contribution is 2.20. The first kappa shape index (κ1) is 14.7. The molecule has 2 aromatic carbocycles. The predicted octanol–water partition coefficient (Wildman–Crippen LogP) is 5.26. The summed E-state index contributed by atoms with van der Waals surface area (Å²) >= 11 is 5.63. The number of hydrogen-bond donors (Lipinski definition) is 0. The Morgan fingerprint density at radius 1 is 1.11 bits per heavy atom. The molecular weight excluding hydrogens is 415 g/mol. The Bertz CT molecular complexity index is 566. The van der Waals surface area contributed by atoms with Gasteiger partial charge in [-0.2, -0.15) is 0 Å². The van der Waals surface area contributed by atoms with E-state index in [-0.39, 0.29) is 5.78 Å². The van der Waals surface area contributed by atoms with Crippen molar-refractivity contribution < 1.29 is 4.79 Å². The number of carbonyl (C=O) groups is 1. The molecule has 0 fully saturated rings. The molecule has 0 aliphatic rings. The monoisotopic (exact) mass is 428 g/mol. The number of carbonyl (C=O) groups excluding carboxylic acids is 1. The maximum Gasteiger partial charge on any atom is 0.163 e. The molecule has 0 aliphatic heterocycles. The minimum absolute atomic E-state index is 0.224. The van der Waals surface area contributed by atoms with E-state index in [4.69, 9.17) is 0 Å². The van der Waals surface area contributed by atoms with E-state index in [2.05, 4.69) is 50.7 Å². The Morgan fingerprint density at radius 2 is 1.84 bits per heavy atom. The Kier molecular flexibility index (Phi) is 5.58. The van der Waals surface area contributed by atoms with Crippen LogP contribution in [0.1, 0.15) is 28.8 Å². The molecule has 0 radical (unpaired) electrons. The fourth-order valence-electron chi connectivity index (χ4n) is 1.94. The zero-order chi connectivity index (χ0) is 13.7. The molecule has 0 heterocycles. The van der Waals surface area contributed by atoms with Gasteiger partial charge in [0, 0.05) is 20.0 Å². The first-order valence-corrected chi connectivity index (χ1v) is 8.06. The molecule has 1 nitrogen and oxygen atoms in total. The van der Waals surface area contributed by atoms with E-state index in [9.17, 15) is 4.79 Å². The third kappa shape index (κ3) is 4.42. The molecule has 0 aromatic heterocycles. The summed E-state index contributed by atoms with van der Waals surface area (Å²) in [7, 11) is 0. The Labute approximate surface area is 135 Å². The summed E-state index contributed by atoms with van der Waals surface area (Å²) in [6.45, 7) is 0. The molecule has 0 saturated carbocycles. The van der Waals surface area contributed by atoms with Crippen LogP contribution in [0.3, 0.4) is 0 Å². The molecule has 0 saturated heterocycles. The number of halogens is 2. The van der Waals surface area contributed by atoms with Gasteiger partial charge in [-0.1, -0.05) is 46.3 Å². The first-order chi connectivity index (χ1) is 9.16. The van der Waals surface area contributed by atoms with Gasteiger partial charge in [0.1, 0.15) is 0 Å². The van der Waals surface area contributed by atoms with Gasteiger partial charge in [-0.15, -0.1) is 0 Å². The number of ketones is 1. The van der Waals surface area contributed by atoms with Crippen molar-refractivity contribution in [2.24, 2.45) is 0 Å². The molecule has 19 heavy (non-hydrogen) atoms. The van der Waals surface area contributed by atoms with Crippen LogP contribution >= 0.6 is 38.5 Å². The van der Waals surface area contributed by atoms with Crippen molar-refractivity contribution >= 4 is 44.3 Å². The standard InChI is InChI=1S/C16H14BrIO/c17-13-9-10-15(18)14(11-13)16(19)8-4-7-12-5-2-1-3-6-12/h1-3,5-6,9-11H,4,7-8H2. The number of hydrogen-bond acceptors (Lipinski definition) is 1. The van der Waals surface area contributed by atoms with Crippen molar-refractivity contribution in [1.82, 2.24) is 0 Å². The highest BCUT2D eigenvalue weighted by molar-refractivity contribution is 14.1. The number of aryl methyl sites for hydroxylation is 1. The lowest BCUT2D eigenvalue weighted by atomic mass is 10.0. The van der Waals surface area contributed by atoms with E-state index >= 15 is 0 Å². The molecule has 0 aliphatic carbocycles. The molecule has 0 spiro atoms. The van der Waals surface area contributed by atoms with Gasteiger partial charge >= 0.3 is 0 Å². The lowest BCUT2D eigenvalue weighted by Crippen LogP contribution is -2.02. The minimum atomic E-state index is 0.224. The Balaban J connectivity index is 1.93. The lowest BCUT2D eigenvalue weighted by Gasteiger charge is -2.05. The quantitative estimate of drug-likeness (QED) is 0.469. The van der Waals surface area contributed by atoms with Crippen molar-refractivity contribution in [3.05, 3.63) is 67.7 Å². The van der Waals surface area contributed by atoms with E-state index in [1.54, 1.807) is 0 Å². The van der Waals surface area contributed by atoms with Crippen molar-refractivity contribution in [3.63, 3.8) is 0 Å². The predicted molar refractivity (Wildman–Crippen MR) is 90.6 cm³/mol. The van der Waals surface area contributed by atoms with Gasteiger partial charge in [-0.3, -0.25) is 4.79 Å². The smallest absolute Gasteiger partial charge is 0.163 e. The fraction of sp³-hybridized carbons (Fsp3) is 0.188. The molecule has 3 heteroatoms. The topological polar surface area (TPSA) is 17.1 Å². The normalized spacial score (nSPS) is 10.4. The third-order valence-corrected chi connectivity index (χ3v) is 4.37. The van der Waals surface area contributed by atoms with E-state index in [0.717, 1.165) is 26.4 Å². The molecule has 0 N–H and O–H groups in total. The summed E-state index contributed by atoms with van der Waals surface area (Å²) < 4.78 is 1.98. The summed E-state index contributed by atoms with van der Waals surface area (Å²) in [5.41, 5.74) is 2.11. The van der Waals surface area contributed by atoms with Gasteiger partial charge in [0.25, 0.3) is 0 Å². The van der Waals surface area contributed by atoms with Gasteiger partial charge in [0.2, 0.25) is 0 Å². The van der Waals surface area contributed by atoms with Gasteiger partial charge < -0.3 is 0 Å². The van der Waals surface area contributed by atoms with Crippen LogP contribution < -0.4 is 0 Å². The maximum atomic E-state index is 12.2.